The van der Waals surface area contributed by atoms with E-state index in [0.29, 0.717) is 14.4 Å². The molecule has 35 heavy (non-hydrogen) atoms. The lowest BCUT2D eigenvalue weighted by molar-refractivity contribution is 0.585. The maximum absolute atomic E-state index is 13.8. The van der Waals surface area contributed by atoms with Crippen molar-refractivity contribution in [1.29, 1.82) is 0 Å². The molecule has 0 N–H and O–H groups in total. The largest absolute Gasteiger partial charge is 0.378 e. The first-order valence-corrected chi connectivity index (χ1v) is 12.9. The molecule has 3 aromatic carbocycles. The molecule has 1 aliphatic carbocycles. The summed E-state index contributed by atoms with van der Waals surface area (Å²) in [6, 6.07) is 24.2. The van der Waals surface area contributed by atoms with Gasteiger partial charge in [0.1, 0.15) is 0 Å². The van der Waals surface area contributed by atoms with Crippen LogP contribution in [0.25, 0.3) is 11.8 Å². The fourth-order valence-electron chi connectivity index (χ4n) is 5.02. The van der Waals surface area contributed by atoms with Crippen molar-refractivity contribution >= 4 is 40.4 Å². The smallest absolute Gasteiger partial charge is 0.271 e. The first kappa shape index (κ1) is 22.1. The molecule has 2 heterocycles. The van der Waals surface area contributed by atoms with Gasteiger partial charge in [-0.15, -0.1) is 0 Å². The van der Waals surface area contributed by atoms with Crippen molar-refractivity contribution < 1.29 is 0 Å². The van der Waals surface area contributed by atoms with Gasteiger partial charge in [-0.1, -0.05) is 77.5 Å². The maximum atomic E-state index is 13.8. The van der Waals surface area contributed by atoms with Crippen LogP contribution in [-0.2, 0) is 6.42 Å². The van der Waals surface area contributed by atoms with Crippen molar-refractivity contribution in [2.75, 3.05) is 19.0 Å². The summed E-state index contributed by atoms with van der Waals surface area (Å²) in [6.45, 7) is 0. The van der Waals surface area contributed by atoms with E-state index in [2.05, 4.69) is 41.3 Å². The molecule has 174 valence electrons. The molecule has 1 aliphatic heterocycles. The van der Waals surface area contributed by atoms with Gasteiger partial charge in [-0.3, -0.25) is 9.36 Å². The number of hydrogen-bond acceptors (Lipinski definition) is 4. The molecule has 6 heteroatoms. The normalized spacial score (nSPS) is 16.9. The molecule has 0 radical (unpaired) electrons. The van der Waals surface area contributed by atoms with E-state index in [1.165, 1.54) is 16.9 Å². The molecule has 1 aromatic heterocycles. The zero-order valence-corrected chi connectivity index (χ0v) is 21.1. The molecule has 0 spiro atoms. The second-order valence-corrected chi connectivity index (χ2v) is 10.5. The number of nitrogens with zero attached hydrogens (tertiary/aromatic N) is 3. The summed E-state index contributed by atoms with van der Waals surface area (Å²) in [5.41, 5.74) is 7.62. The van der Waals surface area contributed by atoms with Crippen LogP contribution in [0, 0.1) is 0 Å². The summed E-state index contributed by atoms with van der Waals surface area (Å²) >= 11 is 8.15. The molecule has 0 saturated heterocycles. The molecule has 4 nitrogen and oxygen atoms in total. The Labute approximate surface area is 212 Å². The molecule has 2 aliphatic rings. The van der Waals surface area contributed by atoms with Crippen LogP contribution >= 0.6 is 22.9 Å². The van der Waals surface area contributed by atoms with Gasteiger partial charge in [-0.25, -0.2) is 4.99 Å². The lowest BCUT2D eigenvalue weighted by Crippen LogP contribution is -2.38. The number of rotatable bonds is 3. The van der Waals surface area contributed by atoms with E-state index < -0.39 is 0 Å². The van der Waals surface area contributed by atoms with Crippen LogP contribution in [-0.4, -0.2) is 18.7 Å². The van der Waals surface area contributed by atoms with Crippen LogP contribution in [0.5, 0.6) is 0 Å². The predicted octanol–water partition coefficient (Wildman–Crippen LogP) is 5.04. The third kappa shape index (κ3) is 3.76. The summed E-state index contributed by atoms with van der Waals surface area (Å²) in [5, 5.41) is 0.666. The van der Waals surface area contributed by atoms with E-state index in [0.717, 1.165) is 46.5 Å². The van der Waals surface area contributed by atoms with E-state index >= 15 is 0 Å². The monoisotopic (exact) mass is 497 g/mol. The Balaban J connectivity index is 1.59. The Morgan fingerprint density at radius 1 is 1.00 bits per heavy atom. The average molecular weight is 498 g/mol. The molecule has 0 fully saturated rings. The van der Waals surface area contributed by atoms with Crippen LogP contribution in [0.2, 0.25) is 5.02 Å². The minimum atomic E-state index is -0.262. The van der Waals surface area contributed by atoms with E-state index in [4.69, 9.17) is 16.6 Å². The van der Waals surface area contributed by atoms with Gasteiger partial charge in [0.15, 0.2) is 4.80 Å². The SMILES string of the molecule is CN(C)c1ccc(/C=c2/sc3n(c2=O)[C@H](c2ccccc2Cl)C2=C(N=3)c3ccccc3CC2)cc1. The molecular weight excluding hydrogens is 474 g/mol. The number of fused-ring (bicyclic) bond motifs is 3. The maximum Gasteiger partial charge on any atom is 0.271 e. The van der Waals surface area contributed by atoms with E-state index in [1.807, 2.05) is 61.1 Å². The second kappa shape index (κ2) is 8.67. The topological polar surface area (TPSA) is 37.6 Å². The zero-order chi connectivity index (χ0) is 24.1. The summed E-state index contributed by atoms with van der Waals surface area (Å²) in [6.07, 6.45) is 3.74. The van der Waals surface area contributed by atoms with Crippen molar-refractivity contribution in [3.8, 4) is 0 Å². The van der Waals surface area contributed by atoms with Gasteiger partial charge in [0, 0.05) is 30.4 Å². The van der Waals surface area contributed by atoms with Crippen molar-refractivity contribution in [3.63, 3.8) is 0 Å². The molecule has 0 amide bonds. The number of thiazole rings is 1. The minimum Gasteiger partial charge on any atom is -0.378 e. The highest BCUT2D eigenvalue weighted by Gasteiger charge is 2.33. The number of allylic oxidation sites excluding steroid dienone is 1. The number of halogens is 1. The second-order valence-electron chi connectivity index (χ2n) is 9.12. The van der Waals surface area contributed by atoms with E-state index in [-0.39, 0.29) is 11.6 Å². The lowest BCUT2D eigenvalue weighted by Gasteiger charge is -2.31. The molecule has 0 saturated carbocycles. The van der Waals surface area contributed by atoms with Crippen LogP contribution in [0.15, 0.2) is 88.2 Å². The quantitative estimate of drug-likeness (QED) is 0.398. The standard InChI is InChI=1S/C29H24ClN3OS/c1-32(2)20-14-11-18(12-15-20)17-25-28(34)33-27(22-9-5-6-10-24(22)30)23-16-13-19-7-3-4-8-21(19)26(23)31-29(33)35-25/h3-12,14-15,17,27H,13,16H2,1-2H3/b25-17+/t27-/m1/s1. The molecule has 6 rings (SSSR count). The Kier molecular flexibility index (Phi) is 5.47. The summed E-state index contributed by atoms with van der Waals surface area (Å²) in [4.78, 5) is 21.7. The molecule has 1 atom stereocenters. The molecular formula is C29H24ClN3OS. The Bertz CT molecular complexity index is 1660. The number of aryl methyl sites for hydroxylation is 1. The number of benzene rings is 3. The molecule has 0 unspecified atom stereocenters. The first-order chi connectivity index (χ1) is 17.0. The number of anilines is 1. The van der Waals surface area contributed by atoms with E-state index in [1.54, 1.807) is 0 Å². The fourth-order valence-corrected chi connectivity index (χ4v) is 6.26. The van der Waals surface area contributed by atoms with Gasteiger partial charge >= 0.3 is 0 Å². The Hall–Kier alpha value is -3.41. The van der Waals surface area contributed by atoms with E-state index in [9.17, 15) is 4.79 Å². The highest BCUT2D eigenvalue weighted by molar-refractivity contribution is 7.07. The summed E-state index contributed by atoms with van der Waals surface area (Å²) in [5.74, 6) is 0. The van der Waals surface area contributed by atoms with Crippen LogP contribution < -0.4 is 19.8 Å². The third-order valence-electron chi connectivity index (χ3n) is 6.78. The molecule has 4 aromatic rings. The van der Waals surface area contributed by atoms with Crippen LogP contribution in [0.4, 0.5) is 5.69 Å². The summed E-state index contributed by atoms with van der Waals surface area (Å²) in [7, 11) is 4.03. The van der Waals surface area contributed by atoms with Crippen LogP contribution in [0.3, 0.4) is 0 Å². The highest BCUT2D eigenvalue weighted by Crippen LogP contribution is 2.42. The van der Waals surface area contributed by atoms with Crippen LogP contribution in [0.1, 0.15) is 34.7 Å². The van der Waals surface area contributed by atoms with Crippen molar-refractivity contribution in [2.45, 2.75) is 18.9 Å². The van der Waals surface area contributed by atoms with Crippen molar-refractivity contribution in [2.24, 2.45) is 4.99 Å². The zero-order valence-electron chi connectivity index (χ0n) is 19.5. The summed E-state index contributed by atoms with van der Waals surface area (Å²) < 4.78 is 2.52. The minimum absolute atomic E-state index is 0.0271. The third-order valence-corrected chi connectivity index (χ3v) is 8.11. The lowest BCUT2D eigenvalue weighted by atomic mass is 9.83. The highest BCUT2D eigenvalue weighted by atomic mass is 35.5. The number of aromatic nitrogens is 1. The predicted molar refractivity (Wildman–Crippen MR) is 145 cm³/mol. The van der Waals surface area contributed by atoms with Gasteiger partial charge in [0.05, 0.1) is 16.3 Å². The van der Waals surface area contributed by atoms with Crippen molar-refractivity contribution in [1.82, 2.24) is 4.57 Å². The van der Waals surface area contributed by atoms with Gasteiger partial charge in [-0.05, 0) is 59.4 Å². The van der Waals surface area contributed by atoms with Gasteiger partial charge < -0.3 is 4.90 Å². The molecule has 0 bridgehead atoms. The average Bonchev–Trinajstić information content (AvgIpc) is 3.18. The van der Waals surface area contributed by atoms with Gasteiger partial charge in [0.2, 0.25) is 0 Å². The fraction of sp³-hybridized carbons (Fsp3) is 0.172. The number of hydrogen-bond donors (Lipinski definition) is 0. The Morgan fingerprint density at radius 3 is 2.51 bits per heavy atom. The van der Waals surface area contributed by atoms with Gasteiger partial charge in [0.25, 0.3) is 5.56 Å². The van der Waals surface area contributed by atoms with Gasteiger partial charge in [-0.2, -0.15) is 0 Å². The Morgan fingerprint density at radius 2 is 1.74 bits per heavy atom. The van der Waals surface area contributed by atoms with Crippen molar-refractivity contribution in [3.05, 3.63) is 125 Å². The first-order valence-electron chi connectivity index (χ1n) is 11.7.